The van der Waals surface area contributed by atoms with Gasteiger partial charge < -0.3 is 4.74 Å². The molecule has 11 aromatic rings. The minimum Gasteiger partial charge on any atom is -0.494 e. The Morgan fingerprint density at radius 2 is 0.732 bits per heavy atom. The molecular weight excluding hydrogens is 1640 g/mol. The van der Waals surface area contributed by atoms with Crippen molar-refractivity contribution in [2.45, 2.75) is 366 Å². The monoisotopic (exact) mass is 1810 g/mol. The van der Waals surface area contributed by atoms with E-state index in [1.807, 2.05) is 165 Å². The molecule has 0 atom stereocenters. The van der Waals surface area contributed by atoms with Crippen LogP contribution in [0.3, 0.4) is 0 Å². The molecule has 1 fully saturated rings. The van der Waals surface area contributed by atoms with Gasteiger partial charge in [0.2, 0.25) is 0 Å². The zero-order valence-electron chi connectivity index (χ0n) is 83.5. The summed E-state index contributed by atoms with van der Waals surface area (Å²) in [5.41, 5.74) is 22.6. The van der Waals surface area contributed by atoms with E-state index in [0.717, 1.165) is 84.3 Å². The predicted octanol–water partition coefficient (Wildman–Crippen LogP) is 32.8. The van der Waals surface area contributed by atoms with E-state index < -0.39 is 0 Å². The molecule has 0 radical (unpaired) electrons. The Labute approximate surface area is 780 Å². The molecule has 0 spiro atoms. The fraction of sp³-hybridized carbons (Fsp3) is 0.500. The normalized spacial score (nSPS) is 11.6. The van der Waals surface area contributed by atoms with Gasteiger partial charge in [-0.3, -0.25) is 44.9 Å². The molecule has 700 valence electrons. The number of pyridine rings is 8. The first-order valence-electron chi connectivity index (χ1n) is 43.9. The summed E-state index contributed by atoms with van der Waals surface area (Å²) >= 11 is 3.34. The van der Waals surface area contributed by atoms with Crippen LogP contribution in [0.2, 0.25) is 0 Å². The Kier molecular flexibility index (Phi) is 51.9. The fourth-order valence-corrected chi connectivity index (χ4v) is 11.5. The van der Waals surface area contributed by atoms with Crippen molar-refractivity contribution in [2.24, 2.45) is 0 Å². The summed E-state index contributed by atoms with van der Waals surface area (Å²) in [6.07, 6.45) is 8.31. The van der Waals surface area contributed by atoms with Gasteiger partial charge in [0.25, 0.3) is 0 Å². The third kappa shape index (κ3) is 46.6. The molecule has 127 heavy (non-hydrogen) atoms. The van der Waals surface area contributed by atoms with Crippen molar-refractivity contribution < 1.29 is 17.9 Å². The number of methoxy groups -OCH3 is 1. The summed E-state index contributed by atoms with van der Waals surface area (Å²) in [6, 6.07) is 53.3. The molecule has 1 aliphatic rings. The molecule has 0 saturated heterocycles. The van der Waals surface area contributed by atoms with E-state index in [1.54, 1.807) is 37.3 Å². The number of hydrogen-bond acceptors (Lipinski definition) is 11. The lowest BCUT2D eigenvalue weighted by Gasteiger charge is -2.20. The molecule has 0 unspecified atom stereocenters. The third-order valence-corrected chi connectivity index (χ3v) is 20.0. The van der Waals surface area contributed by atoms with E-state index >= 15 is 0 Å². The van der Waals surface area contributed by atoms with Crippen LogP contribution in [0.15, 0.2) is 187 Å². The first kappa shape index (κ1) is 120. The van der Waals surface area contributed by atoms with E-state index in [-0.39, 0.29) is 83.6 Å². The van der Waals surface area contributed by atoms with Crippen molar-refractivity contribution in [3.63, 3.8) is 0 Å². The van der Waals surface area contributed by atoms with Crippen molar-refractivity contribution >= 4 is 15.9 Å². The minimum atomic E-state index is -0.241. The standard InChI is InChI=1S/C12H17N.C11H15F.C10H14FN.C10H13FO.4C10H15N.2C9H13N.C8H11BrN2.3CH4/c1-12(2,3)11-6-4-5-10(13-11)9-7-8-9;1-8-6-5-7-9(10(8)12)11(2,3)4;1-7-5-6-8(11)9(12-7)10(2,3)4;1-7(2)8-5-4-6-9(12-3)10(8)11;1-8-5-9(7-11-6-8)10(2,3)4;3*1-8-6-5-7-9(11-8)10(2,3)4;2*1-7(2)9-6-4-5-8(3)10-9;1-5(2)7-4-10-6(3)8(9)11-7;;;/h4-6,9H,7-8H2,1-3H3;5-7H,1-4H3;5-6H,1-4H3;4-7H,1-3H3;4*5-7H,1-4H3;2*4-7H,1-3H3;4-5H,1-3H3;3*1H4. The van der Waals surface area contributed by atoms with E-state index in [0.29, 0.717) is 34.8 Å². The van der Waals surface area contributed by atoms with Crippen LogP contribution in [0.5, 0.6) is 5.75 Å². The highest BCUT2D eigenvalue weighted by Gasteiger charge is 2.27. The highest BCUT2D eigenvalue weighted by Crippen LogP contribution is 2.40. The zero-order valence-corrected chi connectivity index (χ0v) is 85.1. The van der Waals surface area contributed by atoms with Crippen LogP contribution in [-0.4, -0.2) is 56.9 Å². The number of aromatic nitrogens is 10. The van der Waals surface area contributed by atoms with Gasteiger partial charge in [-0.15, -0.1) is 0 Å². The van der Waals surface area contributed by atoms with Crippen LogP contribution in [0.1, 0.15) is 384 Å². The average Bonchev–Trinajstić information content (AvgIpc) is 1.55. The Bertz CT molecular complexity index is 4700. The van der Waals surface area contributed by atoms with Crippen LogP contribution in [-0.2, 0) is 37.9 Å². The van der Waals surface area contributed by atoms with Gasteiger partial charge in [-0.2, -0.15) is 0 Å². The molecule has 1 saturated carbocycles. The van der Waals surface area contributed by atoms with Gasteiger partial charge in [-0.25, -0.2) is 18.2 Å². The van der Waals surface area contributed by atoms with Crippen molar-refractivity contribution in [2.75, 3.05) is 7.11 Å². The number of hydrogen-bond donors (Lipinski definition) is 0. The smallest absolute Gasteiger partial charge is 0.168 e. The van der Waals surface area contributed by atoms with Crippen LogP contribution in [0.25, 0.3) is 0 Å². The SMILES string of the molecule is C.C.C.CC(C)(C)c1cccc(C2CC2)n1.COc1cccc(C(C)C)c1F.Cc1ccc(F)c(C(C)(C)C)n1.Cc1cccc(C(C)(C)C)c1F.Cc1cccc(C(C)(C)C)n1.Cc1cccc(C(C)(C)C)n1.Cc1cccc(C(C)(C)C)n1.Cc1cccc(C(C)C)n1.Cc1cccc(C(C)C)n1.Cc1cncc(C(C)(C)C)c1.Cc1ncc(C(C)C)nc1Br. The molecule has 0 bridgehead atoms. The summed E-state index contributed by atoms with van der Waals surface area (Å²) in [4.78, 5) is 43.6. The molecule has 0 aliphatic heterocycles. The number of halogens is 4. The fourth-order valence-electron chi connectivity index (χ4n) is 11.2. The van der Waals surface area contributed by atoms with Gasteiger partial charge in [0, 0.05) is 126 Å². The first-order valence-corrected chi connectivity index (χ1v) is 44.7. The highest BCUT2D eigenvalue weighted by atomic mass is 79.9. The first-order chi connectivity index (χ1) is 57.1. The van der Waals surface area contributed by atoms with Gasteiger partial charge in [0.1, 0.15) is 16.2 Å². The minimum absolute atomic E-state index is 0. The number of ether oxygens (including phenoxy) is 1. The van der Waals surface area contributed by atoms with E-state index in [2.05, 4.69) is 298 Å². The molecule has 9 heterocycles. The summed E-state index contributed by atoms with van der Waals surface area (Å²) in [7, 11) is 1.47. The quantitative estimate of drug-likeness (QED) is 0.157. The lowest BCUT2D eigenvalue weighted by Crippen LogP contribution is -2.16. The second-order valence-corrected chi connectivity index (χ2v) is 41.2. The topological polar surface area (TPSA) is 138 Å². The van der Waals surface area contributed by atoms with Gasteiger partial charge in [-0.05, 0) is 244 Å². The van der Waals surface area contributed by atoms with Crippen LogP contribution in [0, 0.1) is 79.8 Å². The van der Waals surface area contributed by atoms with Crippen LogP contribution < -0.4 is 4.74 Å². The lowest BCUT2D eigenvalue weighted by molar-refractivity contribution is 0.383. The molecule has 15 heteroatoms. The van der Waals surface area contributed by atoms with Crippen molar-refractivity contribution in [1.82, 2.24) is 49.8 Å². The maximum atomic E-state index is 13.5. The van der Waals surface area contributed by atoms with E-state index in [4.69, 9.17) is 9.72 Å². The van der Waals surface area contributed by atoms with Crippen molar-refractivity contribution in [1.29, 1.82) is 0 Å². The van der Waals surface area contributed by atoms with Crippen LogP contribution in [0.4, 0.5) is 13.2 Å². The molecule has 0 amide bonds. The second-order valence-electron chi connectivity index (χ2n) is 40.5. The molecule has 0 N–H and O–H groups in total. The Morgan fingerprint density at radius 1 is 0.354 bits per heavy atom. The molecular formula is C112H168BrF3N10O. The number of benzene rings is 2. The molecule has 2 aromatic carbocycles. The summed E-state index contributed by atoms with van der Waals surface area (Å²) < 4.78 is 45.8. The number of rotatable bonds is 6. The largest absolute Gasteiger partial charge is 0.494 e. The number of nitrogens with zero attached hydrogens (tertiary/aromatic N) is 10. The Balaban J connectivity index is 0. The maximum Gasteiger partial charge on any atom is 0.168 e. The lowest BCUT2D eigenvalue weighted by atomic mass is 9.86. The van der Waals surface area contributed by atoms with Gasteiger partial charge >= 0.3 is 0 Å². The summed E-state index contributed by atoms with van der Waals surface area (Å²) in [6.45, 7) is 79.3. The number of aryl methyl sites for hydroxylation is 9. The zero-order chi connectivity index (χ0) is 94.8. The summed E-state index contributed by atoms with van der Waals surface area (Å²) in [5.74, 6) is 2.29. The predicted molar refractivity (Wildman–Crippen MR) is 545 cm³/mol. The third-order valence-electron chi connectivity index (χ3n) is 19.3. The van der Waals surface area contributed by atoms with E-state index in [9.17, 15) is 13.2 Å². The molecule has 11 nitrogen and oxygen atoms in total. The second kappa shape index (κ2) is 55.0. The molecule has 9 aromatic heterocycles. The van der Waals surface area contributed by atoms with Gasteiger partial charge in [0.15, 0.2) is 11.6 Å². The van der Waals surface area contributed by atoms with E-state index in [1.165, 1.54) is 59.9 Å². The van der Waals surface area contributed by atoms with Crippen molar-refractivity contribution in [3.8, 4) is 5.75 Å². The maximum absolute atomic E-state index is 13.5. The average molecular weight is 1810 g/mol. The van der Waals surface area contributed by atoms with Crippen LogP contribution >= 0.6 is 15.9 Å². The highest BCUT2D eigenvalue weighted by molar-refractivity contribution is 9.10. The Hall–Kier alpha value is -9.21. The molecule has 12 rings (SSSR count). The van der Waals surface area contributed by atoms with Crippen molar-refractivity contribution in [3.05, 3.63) is 323 Å². The summed E-state index contributed by atoms with van der Waals surface area (Å²) in [5, 5.41) is 0. The van der Waals surface area contributed by atoms with Gasteiger partial charge in [-0.1, -0.05) is 296 Å². The Morgan fingerprint density at radius 3 is 1.03 bits per heavy atom. The molecule has 1 aliphatic carbocycles. The van der Waals surface area contributed by atoms with Gasteiger partial charge in [0.05, 0.1) is 24.2 Å².